The number of aliphatic hydroxyl groups is 1. The van der Waals surface area contributed by atoms with E-state index in [9.17, 15) is 18.7 Å². The Morgan fingerprint density at radius 3 is 2.71 bits per heavy atom. The minimum absolute atomic E-state index is 0.00295. The predicted molar refractivity (Wildman–Crippen MR) is 128 cm³/mol. The van der Waals surface area contributed by atoms with E-state index in [-0.39, 0.29) is 42.2 Å². The summed E-state index contributed by atoms with van der Waals surface area (Å²) in [4.78, 5) is 19.5. The molecule has 3 aromatic rings. The molecule has 1 amide bonds. The van der Waals surface area contributed by atoms with Crippen molar-refractivity contribution < 1.29 is 23.4 Å². The number of anilines is 5. The van der Waals surface area contributed by atoms with Crippen LogP contribution in [0.4, 0.5) is 37.6 Å². The number of amides is 1. The molecule has 182 valence electrons. The van der Waals surface area contributed by atoms with E-state index in [4.69, 9.17) is 4.74 Å². The van der Waals surface area contributed by atoms with E-state index >= 15 is 0 Å². The zero-order valence-electron chi connectivity index (χ0n) is 18.6. The summed E-state index contributed by atoms with van der Waals surface area (Å²) < 4.78 is 34.6. The van der Waals surface area contributed by atoms with Gasteiger partial charge in [0.1, 0.15) is 6.10 Å². The maximum Gasteiger partial charge on any atom is 0.247 e. The molecule has 1 aliphatic rings. The predicted octanol–water partition coefficient (Wildman–Crippen LogP) is 3.47. The molecule has 4 rings (SSSR count). The molecule has 2 atom stereocenters. The minimum Gasteiger partial charge on any atom is -0.486 e. The fraction of sp³-hybridized carbons (Fsp3) is 0.208. The van der Waals surface area contributed by atoms with E-state index in [0.717, 1.165) is 12.3 Å². The molecule has 0 aliphatic carbocycles. The van der Waals surface area contributed by atoms with Gasteiger partial charge in [0.15, 0.2) is 23.2 Å². The SMILES string of the molecule is C=CC(=O)Nc1cccc(Nc2nc(Nc3ccc(OC4CNC(CO)C4)c(F)c3)ncc2F)c1. The highest BCUT2D eigenvalue weighted by Gasteiger charge is 2.25. The average molecular weight is 482 g/mol. The van der Waals surface area contributed by atoms with Crippen LogP contribution in [0, 0.1) is 11.6 Å². The number of aliphatic hydroxyl groups excluding tert-OH is 1. The second-order valence-electron chi connectivity index (χ2n) is 7.82. The third-order valence-electron chi connectivity index (χ3n) is 5.21. The largest absolute Gasteiger partial charge is 0.486 e. The van der Waals surface area contributed by atoms with E-state index in [1.807, 2.05) is 0 Å². The highest BCUT2D eigenvalue weighted by Crippen LogP contribution is 2.27. The topological polar surface area (TPSA) is 120 Å². The van der Waals surface area contributed by atoms with Crippen LogP contribution in [0.2, 0.25) is 0 Å². The number of aromatic nitrogens is 2. The van der Waals surface area contributed by atoms with Crippen molar-refractivity contribution in [3.05, 3.63) is 73.0 Å². The lowest BCUT2D eigenvalue weighted by atomic mass is 10.2. The van der Waals surface area contributed by atoms with Gasteiger partial charge in [-0.1, -0.05) is 12.6 Å². The summed E-state index contributed by atoms with van der Waals surface area (Å²) in [5.74, 6) is -1.63. The molecule has 0 spiro atoms. The van der Waals surface area contributed by atoms with Crippen molar-refractivity contribution in [3.8, 4) is 5.75 Å². The minimum atomic E-state index is -0.697. The molecule has 2 heterocycles. The Labute approximate surface area is 200 Å². The Kier molecular flexibility index (Phi) is 7.48. The summed E-state index contributed by atoms with van der Waals surface area (Å²) in [7, 11) is 0. The molecule has 9 nitrogen and oxygen atoms in total. The van der Waals surface area contributed by atoms with Crippen molar-refractivity contribution in [1.82, 2.24) is 15.3 Å². The first-order valence-electron chi connectivity index (χ1n) is 10.8. The summed E-state index contributed by atoms with van der Waals surface area (Å²) in [5.41, 5.74) is 1.32. The van der Waals surface area contributed by atoms with Gasteiger partial charge in [0, 0.05) is 42.1 Å². The van der Waals surface area contributed by atoms with E-state index in [0.29, 0.717) is 30.0 Å². The van der Waals surface area contributed by atoms with Crippen LogP contribution in [0.5, 0.6) is 5.75 Å². The van der Waals surface area contributed by atoms with Crippen LogP contribution < -0.4 is 26.0 Å². The molecule has 1 saturated heterocycles. The van der Waals surface area contributed by atoms with Crippen molar-refractivity contribution in [2.24, 2.45) is 0 Å². The molecule has 2 unspecified atom stereocenters. The number of hydrogen-bond acceptors (Lipinski definition) is 8. The van der Waals surface area contributed by atoms with Crippen molar-refractivity contribution in [3.63, 3.8) is 0 Å². The van der Waals surface area contributed by atoms with Crippen LogP contribution >= 0.6 is 0 Å². The molecule has 1 fully saturated rings. The number of nitrogens with one attached hydrogen (secondary N) is 4. The van der Waals surface area contributed by atoms with Crippen LogP contribution in [-0.2, 0) is 4.79 Å². The van der Waals surface area contributed by atoms with Crippen molar-refractivity contribution in [1.29, 1.82) is 0 Å². The fourth-order valence-electron chi connectivity index (χ4n) is 3.51. The zero-order valence-corrected chi connectivity index (χ0v) is 18.6. The summed E-state index contributed by atoms with van der Waals surface area (Å²) in [6, 6.07) is 10.9. The maximum absolute atomic E-state index is 14.6. The van der Waals surface area contributed by atoms with Crippen LogP contribution in [0.1, 0.15) is 6.42 Å². The lowest BCUT2D eigenvalue weighted by Crippen LogP contribution is -2.25. The van der Waals surface area contributed by atoms with Gasteiger partial charge < -0.3 is 31.1 Å². The normalized spacial score (nSPS) is 17.0. The van der Waals surface area contributed by atoms with E-state index in [1.54, 1.807) is 30.3 Å². The van der Waals surface area contributed by atoms with Gasteiger partial charge in [-0.15, -0.1) is 0 Å². The highest BCUT2D eigenvalue weighted by atomic mass is 19.1. The summed E-state index contributed by atoms with van der Waals surface area (Å²) >= 11 is 0. The van der Waals surface area contributed by atoms with Crippen molar-refractivity contribution in [2.75, 3.05) is 29.1 Å². The van der Waals surface area contributed by atoms with Crippen LogP contribution in [-0.4, -0.2) is 46.3 Å². The summed E-state index contributed by atoms with van der Waals surface area (Å²) in [5, 5.41) is 20.6. The van der Waals surface area contributed by atoms with Gasteiger partial charge >= 0.3 is 0 Å². The smallest absolute Gasteiger partial charge is 0.247 e. The van der Waals surface area contributed by atoms with Gasteiger partial charge in [0.2, 0.25) is 11.9 Å². The molecule has 0 radical (unpaired) electrons. The molecule has 35 heavy (non-hydrogen) atoms. The van der Waals surface area contributed by atoms with Crippen LogP contribution in [0.15, 0.2) is 61.3 Å². The Bertz CT molecular complexity index is 1230. The Morgan fingerprint density at radius 1 is 1.17 bits per heavy atom. The number of halogens is 2. The lowest BCUT2D eigenvalue weighted by Gasteiger charge is -2.14. The van der Waals surface area contributed by atoms with E-state index in [1.165, 1.54) is 12.1 Å². The second kappa shape index (κ2) is 10.9. The van der Waals surface area contributed by atoms with Gasteiger partial charge in [0.25, 0.3) is 0 Å². The molecule has 2 aromatic carbocycles. The fourth-order valence-corrected chi connectivity index (χ4v) is 3.51. The molecular formula is C24H24F2N6O3. The lowest BCUT2D eigenvalue weighted by molar-refractivity contribution is -0.111. The standard InChI is InChI=1S/C24H24F2N6O3/c1-2-22(34)29-14-4-3-5-15(8-14)30-23-20(26)12-28-24(32-23)31-16-6-7-21(19(25)10-16)35-18-9-17(13-33)27-11-18/h2-8,10,12,17-18,27,33H,1,9,11,13H2,(H,29,34)(H2,28,30,31,32). The highest BCUT2D eigenvalue weighted by molar-refractivity contribution is 5.99. The van der Waals surface area contributed by atoms with Gasteiger partial charge in [-0.25, -0.2) is 13.8 Å². The van der Waals surface area contributed by atoms with Gasteiger partial charge in [-0.05, 0) is 36.4 Å². The Balaban J connectivity index is 1.43. The zero-order chi connectivity index (χ0) is 24.8. The maximum atomic E-state index is 14.6. The summed E-state index contributed by atoms with van der Waals surface area (Å²) in [6.45, 7) is 3.92. The molecule has 5 N–H and O–H groups in total. The number of ether oxygens (including phenoxy) is 1. The Morgan fingerprint density at radius 2 is 1.97 bits per heavy atom. The average Bonchev–Trinajstić information content (AvgIpc) is 3.31. The molecule has 0 bridgehead atoms. The summed E-state index contributed by atoms with van der Waals surface area (Å²) in [6.07, 6.45) is 2.47. The molecular weight excluding hydrogens is 458 g/mol. The first-order chi connectivity index (χ1) is 16.9. The number of nitrogens with zero attached hydrogens (tertiary/aromatic N) is 2. The molecule has 1 aliphatic heterocycles. The first-order valence-corrected chi connectivity index (χ1v) is 10.8. The molecule has 1 aromatic heterocycles. The second-order valence-corrected chi connectivity index (χ2v) is 7.82. The number of rotatable bonds is 9. The molecule has 11 heteroatoms. The monoisotopic (exact) mass is 482 g/mol. The quantitative estimate of drug-likeness (QED) is 0.294. The van der Waals surface area contributed by atoms with Crippen LogP contribution in [0.3, 0.4) is 0 Å². The number of hydrogen-bond donors (Lipinski definition) is 5. The third kappa shape index (κ3) is 6.28. The van der Waals surface area contributed by atoms with E-state index < -0.39 is 11.6 Å². The van der Waals surface area contributed by atoms with Crippen molar-refractivity contribution in [2.45, 2.75) is 18.6 Å². The number of benzene rings is 2. The molecule has 0 saturated carbocycles. The van der Waals surface area contributed by atoms with Crippen molar-refractivity contribution >= 4 is 34.7 Å². The van der Waals surface area contributed by atoms with Gasteiger partial charge in [0.05, 0.1) is 12.8 Å². The van der Waals surface area contributed by atoms with E-state index in [2.05, 4.69) is 37.8 Å². The third-order valence-corrected chi connectivity index (χ3v) is 5.21. The Hall–Kier alpha value is -4.09. The first kappa shape index (κ1) is 24.0. The van der Waals surface area contributed by atoms with Crippen LogP contribution in [0.25, 0.3) is 0 Å². The van der Waals surface area contributed by atoms with Gasteiger partial charge in [-0.3, -0.25) is 4.79 Å². The number of carbonyl (C=O) groups excluding carboxylic acids is 1. The number of carbonyl (C=O) groups is 1. The van der Waals surface area contributed by atoms with Gasteiger partial charge in [-0.2, -0.15) is 4.98 Å².